The number of hydrogen-bond acceptors (Lipinski definition) is 5. The van der Waals surface area contributed by atoms with Crippen molar-refractivity contribution in [3.05, 3.63) is 69.8 Å². The third-order valence-corrected chi connectivity index (χ3v) is 5.27. The SMILES string of the molecule is CC(C)=CCc1cc([C@@H]2COc3cc(O)c(CC=C(C)C)c(O)c3C2=O)ccc1O. The number of hydrogen-bond donors (Lipinski definition) is 3. The van der Waals surface area contributed by atoms with Crippen molar-refractivity contribution in [2.24, 2.45) is 0 Å². The van der Waals surface area contributed by atoms with E-state index in [2.05, 4.69) is 0 Å². The van der Waals surface area contributed by atoms with E-state index < -0.39 is 5.92 Å². The molecule has 0 unspecified atom stereocenters. The average molecular weight is 408 g/mol. The van der Waals surface area contributed by atoms with Crippen LogP contribution in [0, 0.1) is 0 Å². The Labute approximate surface area is 177 Å². The molecular formula is C25H28O5. The number of benzene rings is 2. The van der Waals surface area contributed by atoms with Gasteiger partial charge in [0.2, 0.25) is 0 Å². The van der Waals surface area contributed by atoms with E-state index in [0.29, 0.717) is 18.4 Å². The van der Waals surface area contributed by atoms with Crippen molar-refractivity contribution in [3.8, 4) is 23.0 Å². The molecule has 0 radical (unpaired) electrons. The lowest BCUT2D eigenvalue weighted by Gasteiger charge is -2.26. The highest BCUT2D eigenvalue weighted by Gasteiger charge is 2.34. The number of ether oxygens (including phenoxy) is 1. The maximum Gasteiger partial charge on any atom is 0.181 e. The first-order chi connectivity index (χ1) is 14.2. The van der Waals surface area contributed by atoms with E-state index >= 15 is 0 Å². The maximum atomic E-state index is 13.3. The second-order valence-electron chi connectivity index (χ2n) is 8.18. The molecule has 0 saturated heterocycles. The molecular weight excluding hydrogens is 380 g/mol. The Morgan fingerprint density at radius 1 is 1.00 bits per heavy atom. The van der Waals surface area contributed by atoms with E-state index in [9.17, 15) is 20.1 Å². The number of carbonyl (C=O) groups excluding carboxylic acids is 1. The van der Waals surface area contributed by atoms with Crippen LogP contribution in [0.2, 0.25) is 0 Å². The predicted molar refractivity (Wildman–Crippen MR) is 117 cm³/mol. The summed E-state index contributed by atoms with van der Waals surface area (Å²) in [5.74, 6) is -0.820. The van der Waals surface area contributed by atoms with Gasteiger partial charge in [0.05, 0.1) is 5.92 Å². The number of rotatable bonds is 5. The standard InChI is InChI=1S/C25H28O5/c1-14(2)5-7-17-11-16(8-10-20(17)26)19-13-30-22-12-21(27)18(9-6-15(3)4)24(28)23(22)25(19)29/h5-6,8,10-12,19,26-28H,7,9,13H2,1-4H3/t19-/m0/s1. The molecule has 2 aromatic rings. The van der Waals surface area contributed by atoms with Crippen molar-refractivity contribution >= 4 is 5.78 Å². The van der Waals surface area contributed by atoms with Crippen molar-refractivity contribution in [2.45, 2.75) is 46.5 Å². The highest BCUT2D eigenvalue weighted by Crippen LogP contribution is 2.44. The van der Waals surface area contributed by atoms with Crippen molar-refractivity contribution < 1.29 is 24.9 Å². The minimum Gasteiger partial charge on any atom is -0.508 e. The molecule has 30 heavy (non-hydrogen) atoms. The van der Waals surface area contributed by atoms with Crippen LogP contribution < -0.4 is 4.74 Å². The van der Waals surface area contributed by atoms with E-state index in [4.69, 9.17) is 4.74 Å². The zero-order chi connectivity index (χ0) is 22.0. The first-order valence-corrected chi connectivity index (χ1v) is 10.0. The number of phenols is 3. The first-order valence-electron chi connectivity index (χ1n) is 10.0. The summed E-state index contributed by atoms with van der Waals surface area (Å²) in [4.78, 5) is 13.3. The van der Waals surface area contributed by atoms with Crippen molar-refractivity contribution in [1.82, 2.24) is 0 Å². The van der Waals surface area contributed by atoms with Crippen LogP contribution in [0.3, 0.4) is 0 Å². The van der Waals surface area contributed by atoms with Crippen LogP contribution in [-0.2, 0) is 12.8 Å². The molecule has 0 bridgehead atoms. The predicted octanol–water partition coefficient (Wildman–Crippen LogP) is 5.18. The summed E-state index contributed by atoms with van der Waals surface area (Å²) < 4.78 is 5.74. The Bertz CT molecular complexity index is 1040. The van der Waals surface area contributed by atoms with Gasteiger partial charge >= 0.3 is 0 Å². The molecule has 0 aliphatic carbocycles. The topological polar surface area (TPSA) is 87.0 Å². The van der Waals surface area contributed by atoms with E-state index in [0.717, 1.165) is 22.3 Å². The third kappa shape index (κ3) is 4.35. The van der Waals surface area contributed by atoms with Gasteiger partial charge in [-0.1, -0.05) is 35.4 Å². The summed E-state index contributed by atoms with van der Waals surface area (Å²) in [6.45, 7) is 7.93. The summed E-state index contributed by atoms with van der Waals surface area (Å²) in [7, 11) is 0. The van der Waals surface area contributed by atoms with Crippen molar-refractivity contribution in [3.63, 3.8) is 0 Å². The molecule has 3 N–H and O–H groups in total. The summed E-state index contributed by atoms with van der Waals surface area (Å²) in [5.41, 5.74) is 4.03. The van der Waals surface area contributed by atoms with Gasteiger partial charge in [0, 0.05) is 11.6 Å². The first kappa shape index (κ1) is 21.5. The molecule has 2 aromatic carbocycles. The number of phenolic OH excluding ortho intramolecular Hbond substituents is 3. The Kier molecular flexibility index (Phi) is 6.20. The zero-order valence-corrected chi connectivity index (χ0v) is 17.8. The van der Waals surface area contributed by atoms with Crippen molar-refractivity contribution in [2.75, 3.05) is 6.61 Å². The fourth-order valence-corrected chi connectivity index (χ4v) is 3.50. The molecule has 0 aromatic heterocycles. The molecule has 5 nitrogen and oxygen atoms in total. The minimum atomic E-state index is -0.602. The van der Waals surface area contributed by atoms with Crippen molar-refractivity contribution in [1.29, 1.82) is 0 Å². The summed E-state index contributed by atoms with van der Waals surface area (Å²) in [6, 6.07) is 6.50. The summed E-state index contributed by atoms with van der Waals surface area (Å²) >= 11 is 0. The van der Waals surface area contributed by atoms with E-state index in [-0.39, 0.29) is 41.0 Å². The number of ketones is 1. The van der Waals surface area contributed by atoms with Gasteiger partial charge in [0.15, 0.2) is 5.78 Å². The monoisotopic (exact) mass is 408 g/mol. The number of carbonyl (C=O) groups is 1. The molecule has 1 atom stereocenters. The molecule has 0 saturated carbocycles. The van der Waals surface area contributed by atoms with Crippen LogP contribution in [-0.4, -0.2) is 27.7 Å². The van der Waals surface area contributed by atoms with Crippen LogP contribution in [0.5, 0.6) is 23.0 Å². The van der Waals surface area contributed by atoms with E-state index in [1.54, 1.807) is 12.1 Å². The van der Waals surface area contributed by atoms with Gasteiger partial charge in [-0.05, 0) is 57.7 Å². The number of Topliss-reactive ketones (excluding diaryl/α,β-unsaturated/α-hetero) is 1. The third-order valence-electron chi connectivity index (χ3n) is 5.27. The summed E-state index contributed by atoms with van der Waals surface area (Å²) in [6.07, 6.45) is 4.77. The Morgan fingerprint density at radius 3 is 2.33 bits per heavy atom. The van der Waals surface area contributed by atoms with Gasteiger partial charge < -0.3 is 20.1 Å². The molecule has 1 aliphatic rings. The van der Waals surface area contributed by atoms with Crippen LogP contribution in [0.4, 0.5) is 0 Å². The lowest BCUT2D eigenvalue weighted by Crippen LogP contribution is -2.26. The molecule has 158 valence electrons. The number of allylic oxidation sites excluding steroid dienone is 4. The Morgan fingerprint density at radius 2 is 1.67 bits per heavy atom. The van der Waals surface area contributed by atoms with Gasteiger partial charge in [-0.3, -0.25) is 4.79 Å². The maximum absolute atomic E-state index is 13.3. The fourth-order valence-electron chi connectivity index (χ4n) is 3.50. The highest BCUT2D eigenvalue weighted by atomic mass is 16.5. The highest BCUT2D eigenvalue weighted by molar-refractivity contribution is 6.07. The molecule has 0 amide bonds. The van der Waals surface area contributed by atoms with Gasteiger partial charge in [-0.25, -0.2) is 0 Å². The second-order valence-corrected chi connectivity index (χ2v) is 8.18. The normalized spacial score (nSPS) is 15.2. The molecule has 3 rings (SSSR count). The van der Waals surface area contributed by atoms with Gasteiger partial charge in [-0.15, -0.1) is 0 Å². The molecule has 1 aliphatic heterocycles. The van der Waals surface area contributed by atoms with Crippen LogP contribution >= 0.6 is 0 Å². The number of fused-ring (bicyclic) bond motifs is 1. The van der Waals surface area contributed by atoms with Gasteiger partial charge in [-0.2, -0.15) is 0 Å². The molecule has 1 heterocycles. The van der Waals surface area contributed by atoms with E-state index in [1.165, 1.54) is 6.07 Å². The molecule has 5 heteroatoms. The fraction of sp³-hybridized carbons (Fsp3) is 0.320. The molecule has 0 fully saturated rings. The molecule has 0 spiro atoms. The van der Waals surface area contributed by atoms with Crippen LogP contribution in [0.15, 0.2) is 47.6 Å². The van der Waals surface area contributed by atoms with Crippen LogP contribution in [0.25, 0.3) is 0 Å². The Balaban J connectivity index is 1.99. The lowest BCUT2D eigenvalue weighted by atomic mass is 9.86. The van der Waals surface area contributed by atoms with Gasteiger partial charge in [0.25, 0.3) is 0 Å². The lowest BCUT2D eigenvalue weighted by molar-refractivity contribution is 0.0891. The Hall–Kier alpha value is -3.21. The van der Waals surface area contributed by atoms with Crippen LogP contribution in [0.1, 0.15) is 60.7 Å². The number of aromatic hydroxyl groups is 3. The van der Waals surface area contributed by atoms with Gasteiger partial charge in [0.1, 0.15) is 35.2 Å². The average Bonchev–Trinajstić information content (AvgIpc) is 2.67. The quantitative estimate of drug-likeness (QED) is 0.594. The largest absolute Gasteiger partial charge is 0.508 e. The smallest absolute Gasteiger partial charge is 0.181 e. The second kappa shape index (κ2) is 8.66. The van der Waals surface area contributed by atoms with E-state index in [1.807, 2.05) is 45.9 Å². The summed E-state index contributed by atoms with van der Waals surface area (Å²) in [5, 5.41) is 31.2. The zero-order valence-electron chi connectivity index (χ0n) is 17.8. The minimum absolute atomic E-state index is 0.0938.